The molecule has 0 atom stereocenters. The first-order valence-corrected chi connectivity index (χ1v) is 5.40. The van der Waals surface area contributed by atoms with E-state index in [1.807, 2.05) is 32.3 Å². The number of hydrogen-bond donors (Lipinski definition) is 1. The van der Waals surface area contributed by atoms with Crippen LogP contribution in [0, 0.1) is 6.92 Å². The number of nitrogens with one attached hydrogen (secondary N) is 1. The number of rotatable bonds is 3. The van der Waals surface area contributed by atoms with Crippen LogP contribution >= 0.6 is 11.6 Å². The van der Waals surface area contributed by atoms with Crippen molar-refractivity contribution in [1.29, 1.82) is 0 Å². The number of hydrogen-bond acceptors (Lipinski definition) is 3. The van der Waals surface area contributed by atoms with E-state index < -0.39 is 0 Å². The summed E-state index contributed by atoms with van der Waals surface area (Å²) >= 11 is 6.16. The Morgan fingerprint density at radius 2 is 2.31 bits per heavy atom. The molecule has 0 saturated carbocycles. The first-order chi connectivity index (χ1) is 7.70. The summed E-state index contributed by atoms with van der Waals surface area (Å²) in [7, 11) is 1.89. The number of nitrogens with zero attached hydrogens (tertiary/aromatic N) is 3. The highest BCUT2D eigenvalue weighted by molar-refractivity contribution is 6.32. The standard InChI is InChI=1S/C11H13ClN4/c1-8-3-4-16(15-8)11-10(12)5-9(6-13-2)7-14-11/h3-5,7,13H,6H2,1-2H3. The maximum absolute atomic E-state index is 6.16. The number of halogens is 1. The van der Waals surface area contributed by atoms with Crippen LogP contribution in [-0.4, -0.2) is 21.8 Å². The van der Waals surface area contributed by atoms with E-state index in [-0.39, 0.29) is 0 Å². The molecule has 0 amide bonds. The van der Waals surface area contributed by atoms with Crippen molar-refractivity contribution in [3.8, 4) is 5.82 Å². The Kier molecular flexibility index (Phi) is 3.22. The van der Waals surface area contributed by atoms with Gasteiger partial charge in [0.15, 0.2) is 5.82 Å². The fraction of sp³-hybridized carbons (Fsp3) is 0.273. The number of aryl methyl sites for hydroxylation is 1. The van der Waals surface area contributed by atoms with E-state index in [1.165, 1.54) is 0 Å². The van der Waals surface area contributed by atoms with Gasteiger partial charge in [-0.2, -0.15) is 5.10 Å². The summed E-state index contributed by atoms with van der Waals surface area (Å²) in [6.45, 7) is 2.69. The predicted molar refractivity (Wildman–Crippen MR) is 63.9 cm³/mol. The third-order valence-corrected chi connectivity index (χ3v) is 2.48. The van der Waals surface area contributed by atoms with E-state index in [1.54, 1.807) is 10.9 Å². The first-order valence-electron chi connectivity index (χ1n) is 5.02. The maximum atomic E-state index is 6.16. The molecule has 2 heterocycles. The Morgan fingerprint density at radius 1 is 1.50 bits per heavy atom. The van der Waals surface area contributed by atoms with Gasteiger partial charge in [-0.25, -0.2) is 9.67 Å². The molecule has 16 heavy (non-hydrogen) atoms. The van der Waals surface area contributed by atoms with Crippen LogP contribution in [0.4, 0.5) is 0 Å². The minimum Gasteiger partial charge on any atom is -0.316 e. The quantitative estimate of drug-likeness (QED) is 0.886. The van der Waals surface area contributed by atoms with Crippen LogP contribution in [0.5, 0.6) is 0 Å². The average Bonchev–Trinajstić information content (AvgIpc) is 2.65. The molecular formula is C11H13ClN4. The van der Waals surface area contributed by atoms with Crippen molar-refractivity contribution < 1.29 is 0 Å². The average molecular weight is 237 g/mol. The molecule has 5 heteroatoms. The summed E-state index contributed by atoms with van der Waals surface area (Å²) in [5.74, 6) is 0.662. The Bertz CT molecular complexity index is 492. The van der Waals surface area contributed by atoms with Gasteiger partial charge in [0.25, 0.3) is 0 Å². The van der Waals surface area contributed by atoms with Gasteiger partial charge in [-0.3, -0.25) is 0 Å². The number of pyridine rings is 1. The van der Waals surface area contributed by atoms with Crippen LogP contribution in [-0.2, 0) is 6.54 Å². The zero-order valence-electron chi connectivity index (χ0n) is 9.24. The van der Waals surface area contributed by atoms with Crippen LogP contribution in [0.1, 0.15) is 11.3 Å². The second kappa shape index (κ2) is 4.63. The Morgan fingerprint density at radius 3 is 2.88 bits per heavy atom. The molecule has 0 radical (unpaired) electrons. The molecule has 2 aromatic heterocycles. The summed E-state index contributed by atoms with van der Waals surface area (Å²) in [4.78, 5) is 4.31. The highest BCUT2D eigenvalue weighted by Gasteiger charge is 2.06. The highest BCUT2D eigenvalue weighted by atomic mass is 35.5. The molecule has 0 aliphatic carbocycles. The number of aromatic nitrogens is 3. The lowest BCUT2D eigenvalue weighted by Gasteiger charge is -2.05. The van der Waals surface area contributed by atoms with E-state index in [0.29, 0.717) is 10.8 Å². The molecule has 0 spiro atoms. The normalized spacial score (nSPS) is 10.7. The summed E-state index contributed by atoms with van der Waals surface area (Å²) in [5, 5.41) is 7.93. The minimum absolute atomic E-state index is 0.607. The SMILES string of the molecule is CNCc1cnc(-n2ccc(C)n2)c(Cl)c1. The van der Waals surface area contributed by atoms with Crippen molar-refractivity contribution in [2.45, 2.75) is 13.5 Å². The predicted octanol–water partition coefficient (Wildman–Crippen LogP) is 1.95. The van der Waals surface area contributed by atoms with Crippen LogP contribution in [0.2, 0.25) is 5.02 Å². The topological polar surface area (TPSA) is 42.7 Å². The second-order valence-electron chi connectivity index (χ2n) is 3.58. The van der Waals surface area contributed by atoms with Gasteiger partial charge >= 0.3 is 0 Å². The molecule has 0 bridgehead atoms. The fourth-order valence-electron chi connectivity index (χ4n) is 1.47. The molecule has 2 rings (SSSR count). The van der Waals surface area contributed by atoms with Crippen molar-refractivity contribution in [2.24, 2.45) is 0 Å². The third kappa shape index (κ3) is 2.23. The lowest BCUT2D eigenvalue weighted by molar-refractivity contribution is 0.799. The molecule has 1 N–H and O–H groups in total. The van der Waals surface area contributed by atoms with Gasteiger partial charge in [0, 0.05) is 18.9 Å². The third-order valence-electron chi connectivity index (χ3n) is 2.20. The fourth-order valence-corrected chi connectivity index (χ4v) is 1.75. The molecule has 0 fully saturated rings. The van der Waals surface area contributed by atoms with Gasteiger partial charge in [0.05, 0.1) is 10.7 Å². The van der Waals surface area contributed by atoms with Crippen molar-refractivity contribution in [2.75, 3.05) is 7.05 Å². The lowest BCUT2D eigenvalue weighted by atomic mass is 10.3. The Balaban J connectivity index is 2.36. The Hall–Kier alpha value is -1.39. The molecule has 84 valence electrons. The van der Waals surface area contributed by atoms with Crippen molar-refractivity contribution in [3.63, 3.8) is 0 Å². The first kappa shape index (κ1) is 11.1. The molecule has 0 unspecified atom stereocenters. The molecule has 0 aliphatic heterocycles. The van der Waals surface area contributed by atoms with Gasteiger partial charge in [0.2, 0.25) is 0 Å². The zero-order valence-corrected chi connectivity index (χ0v) is 9.99. The van der Waals surface area contributed by atoms with Crippen molar-refractivity contribution in [1.82, 2.24) is 20.1 Å². The summed E-state index contributed by atoms with van der Waals surface area (Å²) in [5.41, 5.74) is 2.00. The van der Waals surface area contributed by atoms with Crippen LogP contribution in [0.3, 0.4) is 0 Å². The van der Waals surface area contributed by atoms with Gasteiger partial charge in [-0.1, -0.05) is 11.6 Å². The van der Waals surface area contributed by atoms with E-state index in [0.717, 1.165) is 17.8 Å². The molecule has 0 aliphatic rings. The van der Waals surface area contributed by atoms with Gasteiger partial charge in [0.1, 0.15) is 0 Å². The maximum Gasteiger partial charge on any atom is 0.172 e. The van der Waals surface area contributed by atoms with Crippen molar-refractivity contribution in [3.05, 3.63) is 40.8 Å². The largest absolute Gasteiger partial charge is 0.316 e. The van der Waals surface area contributed by atoms with Crippen LogP contribution in [0.25, 0.3) is 5.82 Å². The van der Waals surface area contributed by atoms with E-state index in [4.69, 9.17) is 11.6 Å². The monoisotopic (exact) mass is 236 g/mol. The van der Waals surface area contributed by atoms with Crippen LogP contribution < -0.4 is 5.32 Å². The van der Waals surface area contributed by atoms with Gasteiger partial charge < -0.3 is 5.32 Å². The van der Waals surface area contributed by atoms with E-state index in [9.17, 15) is 0 Å². The molecule has 2 aromatic rings. The highest BCUT2D eigenvalue weighted by Crippen LogP contribution is 2.18. The smallest absolute Gasteiger partial charge is 0.172 e. The molecule has 0 saturated heterocycles. The van der Waals surface area contributed by atoms with E-state index in [2.05, 4.69) is 15.4 Å². The van der Waals surface area contributed by atoms with Crippen LogP contribution in [0.15, 0.2) is 24.5 Å². The minimum atomic E-state index is 0.607. The van der Waals surface area contributed by atoms with Gasteiger partial charge in [-0.15, -0.1) is 0 Å². The molecule has 4 nitrogen and oxygen atoms in total. The summed E-state index contributed by atoms with van der Waals surface area (Å²) in [6, 6.07) is 3.82. The van der Waals surface area contributed by atoms with E-state index >= 15 is 0 Å². The van der Waals surface area contributed by atoms with Gasteiger partial charge in [-0.05, 0) is 31.7 Å². The zero-order chi connectivity index (χ0) is 11.5. The second-order valence-corrected chi connectivity index (χ2v) is 3.99. The summed E-state index contributed by atoms with van der Waals surface area (Å²) < 4.78 is 1.68. The molecule has 0 aromatic carbocycles. The Labute approximate surface area is 99.3 Å². The lowest BCUT2D eigenvalue weighted by Crippen LogP contribution is -2.07. The van der Waals surface area contributed by atoms with Crippen molar-refractivity contribution >= 4 is 11.6 Å². The summed E-state index contributed by atoms with van der Waals surface area (Å²) in [6.07, 6.45) is 3.65. The molecular weight excluding hydrogens is 224 g/mol.